The molecule has 0 unspecified atom stereocenters. The summed E-state index contributed by atoms with van der Waals surface area (Å²) in [5, 5.41) is 7.51. The summed E-state index contributed by atoms with van der Waals surface area (Å²) in [6.45, 7) is 10.7. The van der Waals surface area contributed by atoms with Crippen molar-refractivity contribution in [2.45, 2.75) is 78.2 Å². The van der Waals surface area contributed by atoms with Gasteiger partial charge in [-0.2, -0.15) is 5.10 Å². The van der Waals surface area contributed by atoms with Gasteiger partial charge < -0.3 is 9.80 Å². The molecule has 0 radical (unpaired) electrons. The smallest absolute Gasteiger partial charge is 0.274 e. The van der Waals surface area contributed by atoms with Gasteiger partial charge in [-0.15, -0.1) is 0 Å². The third kappa shape index (κ3) is 5.25. The molecule has 2 fully saturated rings. The second-order valence-electron chi connectivity index (χ2n) is 9.89. The molecule has 2 aromatic rings. The van der Waals surface area contributed by atoms with Crippen LogP contribution in [-0.4, -0.2) is 58.1 Å². The number of aryl methyl sites for hydroxylation is 2. The lowest BCUT2D eigenvalue weighted by atomic mass is 9.94. The maximum Gasteiger partial charge on any atom is 0.274 e. The van der Waals surface area contributed by atoms with E-state index in [4.69, 9.17) is 0 Å². The van der Waals surface area contributed by atoms with Crippen molar-refractivity contribution in [2.24, 2.45) is 5.92 Å². The van der Waals surface area contributed by atoms with Crippen molar-refractivity contribution in [2.75, 3.05) is 26.2 Å². The molecule has 1 saturated carbocycles. The van der Waals surface area contributed by atoms with Crippen LogP contribution in [0.4, 0.5) is 0 Å². The maximum atomic E-state index is 13.5. The zero-order valence-corrected chi connectivity index (χ0v) is 20.2. The van der Waals surface area contributed by atoms with Crippen molar-refractivity contribution >= 4 is 5.91 Å². The van der Waals surface area contributed by atoms with E-state index in [-0.39, 0.29) is 5.91 Å². The summed E-state index contributed by atoms with van der Waals surface area (Å²) in [6, 6.07) is 9.13. The molecule has 1 N–H and O–H groups in total. The molecule has 4 rings (SSSR count). The molecule has 1 aliphatic carbocycles. The Hall–Kier alpha value is -2.14. The van der Waals surface area contributed by atoms with Gasteiger partial charge in [-0.25, -0.2) is 0 Å². The number of carbonyl (C=O) groups is 1. The molecule has 0 bridgehead atoms. The minimum absolute atomic E-state index is 0.146. The predicted octanol–water partition coefficient (Wildman–Crippen LogP) is 4.93. The van der Waals surface area contributed by atoms with Gasteiger partial charge in [0.25, 0.3) is 5.91 Å². The van der Waals surface area contributed by atoms with Gasteiger partial charge in [0.1, 0.15) is 0 Å². The fraction of sp³-hybridized carbons (Fsp3) is 0.630. The van der Waals surface area contributed by atoms with Crippen LogP contribution in [0, 0.1) is 19.8 Å². The molecule has 5 heteroatoms. The SMILES string of the molecule is CCc1[nH]nc(C(=O)N(CC2CCN(CCc3ccccc3C)CC2)C2CCCC2)c1C. The Bertz CT molecular complexity index is 891. The number of carbonyl (C=O) groups excluding carboxylic acids is 1. The van der Waals surface area contributed by atoms with E-state index in [1.165, 1.54) is 36.8 Å². The number of aromatic nitrogens is 2. The van der Waals surface area contributed by atoms with Crippen LogP contribution >= 0.6 is 0 Å². The summed E-state index contributed by atoms with van der Waals surface area (Å²) < 4.78 is 0. The number of hydrogen-bond acceptors (Lipinski definition) is 3. The van der Waals surface area contributed by atoms with Crippen LogP contribution in [-0.2, 0) is 12.8 Å². The number of rotatable bonds is 8. The number of nitrogens with one attached hydrogen (secondary N) is 1. The summed E-state index contributed by atoms with van der Waals surface area (Å²) in [5.74, 6) is 0.742. The molecule has 2 heterocycles. The summed E-state index contributed by atoms with van der Waals surface area (Å²) in [4.78, 5) is 18.3. The molecule has 1 aromatic heterocycles. The van der Waals surface area contributed by atoms with E-state index < -0.39 is 0 Å². The second-order valence-corrected chi connectivity index (χ2v) is 9.89. The third-order valence-corrected chi connectivity index (χ3v) is 7.81. The highest BCUT2D eigenvalue weighted by Gasteiger charge is 2.32. The molecular weight excluding hydrogens is 396 g/mol. The zero-order valence-electron chi connectivity index (χ0n) is 20.2. The minimum Gasteiger partial charge on any atom is -0.334 e. The van der Waals surface area contributed by atoms with E-state index in [0.29, 0.717) is 17.7 Å². The van der Waals surface area contributed by atoms with Crippen LogP contribution in [0.5, 0.6) is 0 Å². The lowest BCUT2D eigenvalue weighted by Crippen LogP contribution is -2.45. The normalized spacial score (nSPS) is 18.3. The van der Waals surface area contributed by atoms with Crippen LogP contribution in [0.15, 0.2) is 24.3 Å². The topological polar surface area (TPSA) is 52.2 Å². The van der Waals surface area contributed by atoms with Crippen molar-refractivity contribution in [3.63, 3.8) is 0 Å². The van der Waals surface area contributed by atoms with Gasteiger partial charge in [0.2, 0.25) is 0 Å². The van der Waals surface area contributed by atoms with Crippen LogP contribution in [0.3, 0.4) is 0 Å². The van der Waals surface area contributed by atoms with E-state index >= 15 is 0 Å². The van der Waals surface area contributed by atoms with Gasteiger partial charge in [0.15, 0.2) is 5.69 Å². The molecule has 5 nitrogen and oxygen atoms in total. The molecule has 0 spiro atoms. The van der Waals surface area contributed by atoms with Crippen molar-refractivity contribution in [3.05, 3.63) is 52.3 Å². The monoisotopic (exact) mass is 436 g/mol. The summed E-state index contributed by atoms with van der Waals surface area (Å²) in [6.07, 6.45) is 9.15. The van der Waals surface area contributed by atoms with Crippen molar-refractivity contribution in [1.29, 1.82) is 0 Å². The number of amides is 1. The van der Waals surface area contributed by atoms with E-state index in [1.54, 1.807) is 0 Å². The highest BCUT2D eigenvalue weighted by atomic mass is 16.2. The van der Waals surface area contributed by atoms with Crippen LogP contribution in [0.25, 0.3) is 0 Å². The third-order valence-electron chi connectivity index (χ3n) is 7.81. The van der Waals surface area contributed by atoms with Crippen LogP contribution in [0.1, 0.15) is 78.3 Å². The lowest BCUT2D eigenvalue weighted by Gasteiger charge is -2.37. The number of likely N-dealkylation sites (tertiary alicyclic amines) is 1. The number of H-pyrrole nitrogens is 1. The van der Waals surface area contributed by atoms with Crippen molar-refractivity contribution < 1.29 is 4.79 Å². The number of aromatic amines is 1. The molecule has 2 aliphatic rings. The van der Waals surface area contributed by atoms with Gasteiger partial charge in [0.05, 0.1) is 0 Å². The van der Waals surface area contributed by atoms with Gasteiger partial charge in [0, 0.05) is 30.4 Å². The summed E-state index contributed by atoms with van der Waals surface area (Å²) in [5.41, 5.74) is 5.62. The Morgan fingerprint density at radius 2 is 1.84 bits per heavy atom. The Morgan fingerprint density at radius 1 is 1.12 bits per heavy atom. The molecular formula is C27H40N4O. The van der Waals surface area contributed by atoms with E-state index in [1.807, 2.05) is 6.92 Å². The average molecular weight is 437 g/mol. The first-order valence-corrected chi connectivity index (χ1v) is 12.7. The molecule has 1 saturated heterocycles. The van der Waals surface area contributed by atoms with Gasteiger partial charge >= 0.3 is 0 Å². The first-order chi connectivity index (χ1) is 15.6. The van der Waals surface area contributed by atoms with Crippen LogP contribution < -0.4 is 0 Å². The quantitative estimate of drug-likeness (QED) is 0.638. The molecule has 1 amide bonds. The number of benzene rings is 1. The number of piperidine rings is 1. The Balaban J connectivity index is 1.34. The van der Waals surface area contributed by atoms with Crippen molar-refractivity contribution in [1.82, 2.24) is 20.0 Å². The second kappa shape index (κ2) is 10.7. The summed E-state index contributed by atoms with van der Waals surface area (Å²) in [7, 11) is 0. The molecule has 0 atom stereocenters. The Kier molecular flexibility index (Phi) is 7.67. The molecule has 1 aliphatic heterocycles. The van der Waals surface area contributed by atoms with Gasteiger partial charge in [-0.3, -0.25) is 9.89 Å². The molecule has 1 aromatic carbocycles. The first-order valence-electron chi connectivity index (χ1n) is 12.7. The number of nitrogens with zero attached hydrogens (tertiary/aromatic N) is 3. The van der Waals surface area contributed by atoms with E-state index in [2.05, 4.69) is 58.1 Å². The van der Waals surface area contributed by atoms with Crippen molar-refractivity contribution in [3.8, 4) is 0 Å². The molecule has 32 heavy (non-hydrogen) atoms. The average Bonchev–Trinajstić information content (AvgIpc) is 3.47. The highest BCUT2D eigenvalue weighted by molar-refractivity contribution is 5.94. The van der Waals surface area contributed by atoms with Gasteiger partial charge in [-0.05, 0) is 82.5 Å². The van der Waals surface area contributed by atoms with E-state index in [0.717, 1.165) is 63.1 Å². The fourth-order valence-electron chi connectivity index (χ4n) is 5.58. The first kappa shape index (κ1) is 23.0. The fourth-order valence-corrected chi connectivity index (χ4v) is 5.58. The standard InChI is InChI=1S/C27H40N4O/c1-4-25-21(3)26(29-28-25)27(32)31(24-11-7-8-12-24)19-22-13-16-30(17-14-22)18-15-23-10-6-5-9-20(23)2/h5-6,9-10,22,24H,4,7-8,11-19H2,1-3H3,(H,28,29). The van der Waals surface area contributed by atoms with Crippen LogP contribution in [0.2, 0.25) is 0 Å². The van der Waals surface area contributed by atoms with E-state index in [9.17, 15) is 4.79 Å². The summed E-state index contributed by atoms with van der Waals surface area (Å²) >= 11 is 0. The maximum absolute atomic E-state index is 13.5. The largest absolute Gasteiger partial charge is 0.334 e. The Morgan fingerprint density at radius 3 is 2.50 bits per heavy atom. The lowest BCUT2D eigenvalue weighted by molar-refractivity contribution is 0.0592. The predicted molar refractivity (Wildman–Crippen MR) is 130 cm³/mol. The minimum atomic E-state index is 0.146. The Labute approximate surface area is 193 Å². The molecule has 174 valence electrons. The van der Waals surface area contributed by atoms with Gasteiger partial charge in [-0.1, -0.05) is 44.0 Å². The highest BCUT2D eigenvalue weighted by Crippen LogP contribution is 2.29. The zero-order chi connectivity index (χ0) is 22.5. The number of hydrogen-bond donors (Lipinski definition) is 1.